The number of carbonyl (C=O) groups excluding carboxylic acids is 1. The maximum absolute atomic E-state index is 13.1. The number of nitrogens with zero attached hydrogens (tertiary/aromatic N) is 1. The Hall–Kier alpha value is -2.55. The van der Waals surface area contributed by atoms with Gasteiger partial charge in [0, 0.05) is 0 Å². The lowest BCUT2D eigenvalue weighted by atomic mass is 10.1. The molecule has 0 aliphatic rings. The largest absolute Gasteiger partial charge is 0.418 e. The summed E-state index contributed by atoms with van der Waals surface area (Å²) in [4.78, 5) is 12.6. The number of amides is 1. The minimum atomic E-state index is -4.66. The van der Waals surface area contributed by atoms with Crippen LogP contribution in [0.25, 0.3) is 0 Å². The molecule has 0 aliphatic heterocycles. The molecule has 0 heterocycles. The molecule has 152 valence electrons. The van der Waals surface area contributed by atoms with Crippen LogP contribution in [0.1, 0.15) is 23.6 Å². The zero-order valence-electron chi connectivity index (χ0n) is 15.8. The van der Waals surface area contributed by atoms with Gasteiger partial charge < -0.3 is 5.32 Å². The highest BCUT2D eigenvalue weighted by Crippen LogP contribution is 2.35. The number of sulfonamides is 1. The lowest BCUT2D eigenvalue weighted by molar-refractivity contribution is -0.137. The summed E-state index contributed by atoms with van der Waals surface area (Å²) in [6, 6.07) is 8.30. The van der Waals surface area contributed by atoms with Gasteiger partial charge in [-0.3, -0.25) is 9.10 Å². The molecule has 0 aromatic heterocycles. The van der Waals surface area contributed by atoms with E-state index in [0.29, 0.717) is 0 Å². The molecule has 0 saturated carbocycles. The molecule has 0 unspecified atom stereocenters. The van der Waals surface area contributed by atoms with Gasteiger partial charge in [0.05, 0.1) is 23.2 Å². The van der Waals surface area contributed by atoms with Crippen LogP contribution in [0.5, 0.6) is 0 Å². The van der Waals surface area contributed by atoms with Gasteiger partial charge in [-0.25, -0.2) is 8.42 Å². The smallest absolute Gasteiger partial charge is 0.324 e. The van der Waals surface area contributed by atoms with Crippen molar-refractivity contribution in [3.63, 3.8) is 0 Å². The van der Waals surface area contributed by atoms with Crippen LogP contribution in [0.4, 0.5) is 24.5 Å². The van der Waals surface area contributed by atoms with Gasteiger partial charge in [0.15, 0.2) is 0 Å². The van der Waals surface area contributed by atoms with Gasteiger partial charge in [0.25, 0.3) is 0 Å². The molecule has 0 bridgehead atoms. The number of hydrogen-bond donors (Lipinski definition) is 1. The quantitative estimate of drug-likeness (QED) is 0.801. The summed E-state index contributed by atoms with van der Waals surface area (Å²) >= 11 is 0. The van der Waals surface area contributed by atoms with Crippen molar-refractivity contribution in [2.24, 2.45) is 0 Å². The van der Waals surface area contributed by atoms with E-state index in [1.54, 1.807) is 26.0 Å². The second-order valence-electron chi connectivity index (χ2n) is 6.61. The van der Waals surface area contributed by atoms with Crippen LogP contribution in [0.3, 0.4) is 0 Å². The second kappa shape index (κ2) is 7.83. The molecule has 28 heavy (non-hydrogen) atoms. The molecular weight excluding hydrogens is 393 g/mol. The molecule has 0 radical (unpaired) electrons. The summed E-state index contributed by atoms with van der Waals surface area (Å²) in [6.45, 7) is 4.88. The predicted octanol–water partition coefficient (Wildman–Crippen LogP) is 4.12. The predicted molar refractivity (Wildman–Crippen MR) is 103 cm³/mol. The molecule has 1 N–H and O–H groups in total. The van der Waals surface area contributed by atoms with Crippen molar-refractivity contribution in [3.05, 3.63) is 59.2 Å². The summed E-state index contributed by atoms with van der Waals surface area (Å²) in [5, 5.41) is 2.20. The fourth-order valence-corrected chi connectivity index (χ4v) is 4.12. The fraction of sp³-hybridized carbons (Fsp3) is 0.316. The normalized spacial score (nSPS) is 13.1. The Kier molecular flexibility index (Phi) is 6.08. The zero-order valence-corrected chi connectivity index (χ0v) is 16.6. The van der Waals surface area contributed by atoms with Crippen molar-refractivity contribution in [2.75, 3.05) is 15.9 Å². The Morgan fingerprint density at radius 3 is 2.11 bits per heavy atom. The van der Waals surface area contributed by atoms with E-state index in [1.165, 1.54) is 19.1 Å². The number of hydrogen-bond acceptors (Lipinski definition) is 3. The highest BCUT2D eigenvalue weighted by atomic mass is 32.2. The lowest BCUT2D eigenvalue weighted by Crippen LogP contribution is -2.45. The van der Waals surface area contributed by atoms with E-state index in [4.69, 9.17) is 0 Å². The second-order valence-corrected chi connectivity index (χ2v) is 8.47. The highest BCUT2D eigenvalue weighted by molar-refractivity contribution is 7.92. The van der Waals surface area contributed by atoms with Crippen LogP contribution in [0.2, 0.25) is 0 Å². The Bertz CT molecular complexity index is 968. The first-order valence-electron chi connectivity index (χ1n) is 8.35. The summed E-state index contributed by atoms with van der Waals surface area (Å²) in [7, 11) is -3.88. The number of carbonyl (C=O) groups is 1. The topological polar surface area (TPSA) is 66.5 Å². The summed E-state index contributed by atoms with van der Waals surface area (Å²) in [6.07, 6.45) is -3.71. The Balaban J connectivity index is 2.41. The Morgan fingerprint density at radius 2 is 1.61 bits per heavy atom. The first-order chi connectivity index (χ1) is 12.8. The van der Waals surface area contributed by atoms with Crippen molar-refractivity contribution in [2.45, 2.75) is 33.0 Å². The van der Waals surface area contributed by atoms with Crippen molar-refractivity contribution in [1.82, 2.24) is 0 Å². The Morgan fingerprint density at radius 1 is 1.07 bits per heavy atom. The number of alkyl halides is 3. The number of aryl methyl sites for hydroxylation is 2. The van der Waals surface area contributed by atoms with Gasteiger partial charge in [-0.15, -0.1) is 0 Å². The minimum absolute atomic E-state index is 0.270. The molecule has 2 aromatic rings. The van der Waals surface area contributed by atoms with E-state index in [0.717, 1.165) is 33.8 Å². The van der Waals surface area contributed by atoms with Crippen LogP contribution in [-0.4, -0.2) is 26.6 Å². The number of para-hydroxylation sites is 1. The third kappa shape index (κ3) is 5.03. The summed E-state index contributed by atoms with van der Waals surface area (Å²) < 4.78 is 65.0. The zero-order chi connectivity index (χ0) is 21.3. The molecule has 2 aromatic carbocycles. The third-order valence-electron chi connectivity index (χ3n) is 4.04. The monoisotopic (exact) mass is 414 g/mol. The van der Waals surface area contributed by atoms with Gasteiger partial charge in [0.1, 0.15) is 6.04 Å². The van der Waals surface area contributed by atoms with E-state index in [-0.39, 0.29) is 5.69 Å². The Labute approximate surface area is 162 Å². The SMILES string of the molecule is Cc1cc(C)cc(N([C@H](C)C(=O)Nc2ccccc2C(F)(F)F)S(C)(=O)=O)c1. The van der Waals surface area contributed by atoms with Crippen LogP contribution in [0, 0.1) is 13.8 Å². The molecule has 2 rings (SSSR count). The number of rotatable bonds is 5. The van der Waals surface area contributed by atoms with E-state index < -0.39 is 39.4 Å². The van der Waals surface area contributed by atoms with Gasteiger partial charge in [-0.1, -0.05) is 18.2 Å². The van der Waals surface area contributed by atoms with Gasteiger partial charge in [-0.2, -0.15) is 13.2 Å². The minimum Gasteiger partial charge on any atom is -0.324 e. The molecule has 0 fully saturated rings. The van der Waals surface area contributed by atoms with Gasteiger partial charge in [-0.05, 0) is 56.2 Å². The van der Waals surface area contributed by atoms with E-state index >= 15 is 0 Å². The van der Waals surface area contributed by atoms with E-state index in [2.05, 4.69) is 5.32 Å². The molecule has 0 saturated heterocycles. The number of halogens is 3. The first-order valence-corrected chi connectivity index (χ1v) is 10.2. The van der Waals surface area contributed by atoms with Crippen LogP contribution in [-0.2, 0) is 21.0 Å². The average molecular weight is 414 g/mol. The molecule has 1 atom stereocenters. The maximum Gasteiger partial charge on any atom is 0.418 e. The first kappa shape index (κ1) is 21.7. The van der Waals surface area contributed by atoms with Crippen molar-refractivity contribution < 1.29 is 26.4 Å². The van der Waals surface area contributed by atoms with Crippen LogP contribution < -0.4 is 9.62 Å². The molecular formula is C19H21F3N2O3S. The van der Waals surface area contributed by atoms with Crippen molar-refractivity contribution in [3.8, 4) is 0 Å². The standard InChI is InChI=1S/C19H21F3N2O3S/c1-12-9-13(2)11-15(10-12)24(28(4,26)27)14(3)18(25)23-17-8-6-5-7-16(17)19(20,21)22/h5-11,14H,1-4H3,(H,23,25)/t14-/m1/s1. The van der Waals surface area contributed by atoms with Gasteiger partial charge in [0.2, 0.25) is 15.9 Å². The molecule has 9 heteroatoms. The molecule has 0 spiro atoms. The molecule has 0 aliphatic carbocycles. The number of benzene rings is 2. The number of nitrogens with one attached hydrogen (secondary N) is 1. The van der Waals surface area contributed by atoms with E-state index in [1.807, 2.05) is 6.07 Å². The lowest BCUT2D eigenvalue weighted by Gasteiger charge is -2.29. The highest BCUT2D eigenvalue weighted by Gasteiger charge is 2.35. The summed E-state index contributed by atoms with van der Waals surface area (Å²) in [5.41, 5.74) is 0.415. The third-order valence-corrected chi connectivity index (χ3v) is 5.28. The molecule has 5 nitrogen and oxygen atoms in total. The van der Waals surface area contributed by atoms with Gasteiger partial charge >= 0.3 is 6.18 Å². The fourth-order valence-electron chi connectivity index (χ4n) is 2.96. The van der Waals surface area contributed by atoms with Crippen molar-refractivity contribution >= 4 is 27.3 Å². The summed E-state index contributed by atoms with van der Waals surface area (Å²) in [5.74, 6) is -0.874. The average Bonchev–Trinajstić information content (AvgIpc) is 2.52. The maximum atomic E-state index is 13.1. The molecule has 1 amide bonds. The van der Waals surface area contributed by atoms with E-state index in [9.17, 15) is 26.4 Å². The van der Waals surface area contributed by atoms with Crippen LogP contribution >= 0.6 is 0 Å². The number of anilines is 2. The van der Waals surface area contributed by atoms with Crippen LogP contribution in [0.15, 0.2) is 42.5 Å². The van der Waals surface area contributed by atoms with Crippen molar-refractivity contribution in [1.29, 1.82) is 0 Å².